The molecule has 2 nitrogen and oxygen atoms in total. The van der Waals surface area contributed by atoms with E-state index in [-0.39, 0.29) is 5.56 Å². The predicted octanol–water partition coefficient (Wildman–Crippen LogP) is 3.88. The van der Waals surface area contributed by atoms with Crippen LogP contribution in [0.25, 0.3) is 0 Å². The minimum Gasteiger partial charge on any atom is -0.497 e. The van der Waals surface area contributed by atoms with Gasteiger partial charge in [0, 0.05) is 16.7 Å². The first-order valence-corrected chi connectivity index (χ1v) is 6.18. The summed E-state index contributed by atoms with van der Waals surface area (Å²) < 4.78 is 18.9. The molecule has 0 bridgehead atoms. The first kappa shape index (κ1) is 13.8. The third kappa shape index (κ3) is 2.88. The number of aliphatic hydroxyl groups is 1. The van der Waals surface area contributed by atoms with Crippen LogP contribution in [0.3, 0.4) is 0 Å². The maximum absolute atomic E-state index is 13.9. The summed E-state index contributed by atoms with van der Waals surface area (Å²) in [6, 6.07) is 9.55. The molecule has 1 unspecified atom stereocenters. The largest absolute Gasteiger partial charge is 0.497 e. The van der Waals surface area contributed by atoms with E-state index in [9.17, 15) is 9.50 Å². The highest BCUT2D eigenvalue weighted by Crippen LogP contribution is 2.30. The molecule has 0 aliphatic rings. The Kier molecular flexibility index (Phi) is 4.08. The van der Waals surface area contributed by atoms with Crippen LogP contribution in [0.5, 0.6) is 5.75 Å². The fourth-order valence-electron chi connectivity index (χ4n) is 1.93. The molecule has 2 aromatic rings. The highest BCUT2D eigenvalue weighted by molar-refractivity contribution is 6.30. The molecule has 0 saturated heterocycles. The van der Waals surface area contributed by atoms with Gasteiger partial charge in [0.25, 0.3) is 0 Å². The molecule has 0 radical (unpaired) electrons. The molecule has 0 amide bonds. The molecule has 19 heavy (non-hydrogen) atoms. The molecule has 0 aliphatic heterocycles. The van der Waals surface area contributed by atoms with E-state index in [1.807, 2.05) is 6.92 Å². The van der Waals surface area contributed by atoms with Crippen molar-refractivity contribution in [1.29, 1.82) is 0 Å². The Morgan fingerprint density at radius 1 is 1.16 bits per heavy atom. The van der Waals surface area contributed by atoms with E-state index in [2.05, 4.69) is 0 Å². The van der Waals surface area contributed by atoms with E-state index in [0.717, 1.165) is 5.56 Å². The molecular weight excluding hydrogens is 267 g/mol. The normalized spacial score (nSPS) is 12.3. The van der Waals surface area contributed by atoms with E-state index in [4.69, 9.17) is 16.3 Å². The Balaban J connectivity index is 2.43. The summed E-state index contributed by atoms with van der Waals surface area (Å²) in [5.41, 5.74) is 1.65. The number of benzene rings is 2. The summed E-state index contributed by atoms with van der Waals surface area (Å²) in [6.45, 7) is 1.84. The Morgan fingerprint density at radius 3 is 2.53 bits per heavy atom. The van der Waals surface area contributed by atoms with Crippen LogP contribution in [0, 0.1) is 12.7 Å². The number of aliphatic hydroxyl groups excluding tert-OH is 1. The van der Waals surface area contributed by atoms with Crippen LogP contribution >= 0.6 is 11.6 Å². The van der Waals surface area contributed by atoms with Gasteiger partial charge in [-0.05, 0) is 42.3 Å². The zero-order valence-corrected chi connectivity index (χ0v) is 11.4. The van der Waals surface area contributed by atoms with Crippen molar-refractivity contribution in [3.63, 3.8) is 0 Å². The fraction of sp³-hybridized carbons (Fsp3) is 0.200. The molecule has 0 aliphatic carbocycles. The Hall–Kier alpha value is -1.58. The molecule has 0 saturated carbocycles. The van der Waals surface area contributed by atoms with Crippen molar-refractivity contribution in [1.82, 2.24) is 0 Å². The minimum absolute atomic E-state index is 0.200. The number of hydrogen-bond acceptors (Lipinski definition) is 2. The van der Waals surface area contributed by atoms with Gasteiger partial charge >= 0.3 is 0 Å². The van der Waals surface area contributed by atoms with Crippen molar-refractivity contribution in [2.24, 2.45) is 0 Å². The molecule has 1 atom stereocenters. The van der Waals surface area contributed by atoms with Crippen molar-refractivity contribution in [2.45, 2.75) is 13.0 Å². The van der Waals surface area contributed by atoms with Gasteiger partial charge < -0.3 is 9.84 Å². The maximum atomic E-state index is 13.9. The summed E-state index contributed by atoms with van der Waals surface area (Å²) in [5, 5.41) is 10.8. The third-order valence-corrected chi connectivity index (χ3v) is 3.27. The highest BCUT2D eigenvalue weighted by atomic mass is 35.5. The number of hydrogen-bond donors (Lipinski definition) is 1. The molecule has 1 N–H and O–H groups in total. The molecule has 0 spiro atoms. The summed E-state index contributed by atoms with van der Waals surface area (Å²) >= 11 is 5.91. The van der Waals surface area contributed by atoms with Gasteiger partial charge in [0.15, 0.2) is 0 Å². The van der Waals surface area contributed by atoms with Gasteiger partial charge in [-0.3, -0.25) is 0 Å². The molecule has 2 rings (SSSR count). The summed E-state index contributed by atoms with van der Waals surface area (Å²) in [5.74, 6) is -0.0949. The smallest absolute Gasteiger partial charge is 0.133 e. The zero-order valence-electron chi connectivity index (χ0n) is 10.7. The van der Waals surface area contributed by atoms with Gasteiger partial charge in [-0.1, -0.05) is 17.7 Å². The van der Waals surface area contributed by atoms with Gasteiger partial charge in [0.2, 0.25) is 0 Å². The van der Waals surface area contributed by atoms with Crippen molar-refractivity contribution >= 4 is 11.6 Å². The van der Waals surface area contributed by atoms with E-state index < -0.39 is 11.9 Å². The number of aryl methyl sites for hydroxylation is 1. The summed E-state index contributed by atoms with van der Waals surface area (Å²) in [4.78, 5) is 0. The predicted molar refractivity (Wildman–Crippen MR) is 73.2 cm³/mol. The Morgan fingerprint density at radius 2 is 1.89 bits per heavy atom. The van der Waals surface area contributed by atoms with Crippen molar-refractivity contribution in [3.05, 3.63) is 63.9 Å². The molecule has 4 heteroatoms. The second-order valence-corrected chi connectivity index (χ2v) is 4.73. The lowest BCUT2D eigenvalue weighted by Crippen LogP contribution is -2.05. The van der Waals surface area contributed by atoms with Gasteiger partial charge in [-0.25, -0.2) is 4.39 Å². The average Bonchev–Trinajstić information content (AvgIpc) is 2.40. The molecule has 0 aromatic heterocycles. The minimum atomic E-state index is -1.05. The van der Waals surface area contributed by atoms with Gasteiger partial charge in [0.05, 0.1) is 7.11 Å². The highest BCUT2D eigenvalue weighted by Gasteiger charge is 2.17. The van der Waals surface area contributed by atoms with Crippen molar-refractivity contribution < 1.29 is 14.2 Å². The summed E-state index contributed by atoms with van der Waals surface area (Å²) in [7, 11) is 1.46. The number of methoxy groups -OCH3 is 1. The van der Waals surface area contributed by atoms with Crippen LogP contribution in [-0.4, -0.2) is 12.2 Å². The monoisotopic (exact) mass is 280 g/mol. The van der Waals surface area contributed by atoms with Crippen LogP contribution in [0.1, 0.15) is 22.8 Å². The quantitative estimate of drug-likeness (QED) is 0.924. The van der Waals surface area contributed by atoms with Crippen molar-refractivity contribution in [3.8, 4) is 5.75 Å². The average molecular weight is 281 g/mol. The Labute approximate surface area is 116 Å². The SMILES string of the molecule is COc1ccc(C(O)c2cc(Cl)ccc2C)c(F)c1. The number of halogens is 2. The maximum Gasteiger partial charge on any atom is 0.133 e. The number of ether oxygens (including phenoxy) is 1. The molecule has 100 valence electrons. The van der Waals surface area contributed by atoms with E-state index >= 15 is 0 Å². The van der Waals surface area contributed by atoms with Crippen molar-refractivity contribution in [2.75, 3.05) is 7.11 Å². The zero-order chi connectivity index (χ0) is 14.0. The lowest BCUT2D eigenvalue weighted by molar-refractivity contribution is 0.214. The topological polar surface area (TPSA) is 29.5 Å². The van der Waals surface area contributed by atoms with E-state index in [1.54, 1.807) is 24.3 Å². The molecule has 0 heterocycles. The van der Waals surface area contributed by atoms with Gasteiger partial charge in [-0.2, -0.15) is 0 Å². The molecule has 2 aromatic carbocycles. The second-order valence-electron chi connectivity index (χ2n) is 4.29. The molecular formula is C15H14ClFO2. The Bertz CT molecular complexity index is 599. The second kappa shape index (κ2) is 5.59. The van der Waals surface area contributed by atoms with E-state index in [1.165, 1.54) is 19.2 Å². The van der Waals surface area contributed by atoms with Crippen LogP contribution < -0.4 is 4.74 Å². The van der Waals surface area contributed by atoms with Crippen LogP contribution in [0.2, 0.25) is 5.02 Å². The van der Waals surface area contributed by atoms with Crippen LogP contribution in [-0.2, 0) is 0 Å². The van der Waals surface area contributed by atoms with Gasteiger partial charge in [-0.15, -0.1) is 0 Å². The van der Waals surface area contributed by atoms with Crippen LogP contribution in [0.4, 0.5) is 4.39 Å². The van der Waals surface area contributed by atoms with Gasteiger partial charge in [0.1, 0.15) is 17.7 Å². The van der Waals surface area contributed by atoms with Crippen LogP contribution in [0.15, 0.2) is 36.4 Å². The fourth-order valence-corrected chi connectivity index (χ4v) is 2.11. The lowest BCUT2D eigenvalue weighted by Gasteiger charge is -2.15. The molecule has 0 fully saturated rings. The first-order valence-electron chi connectivity index (χ1n) is 5.80. The van der Waals surface area contributed by atoms with E-state index in [0.29, 0.717) is 16.3 Å². The lowest BCUT2D eigenvalue weighted by atomic mass is 9.97. The standard InChI is InChI=1S/C15H14ClFO2/c1-9-3-4-10(16)7-13(9)15(18)12-6-5-11(19-2)8-14(12)17/h3-8,15,18H,1-2H3. The number of rotatable bonds is 3. The third-order valence-electron chi connectivity index (χ3n) is 3.04. The first-order chi connectivity index (χ1) is 9.02. The summed E-state index contributed by atoms with van der Waals surface area (Å²) in [6.07, 6.45) is -1.05.